The average molecular weight is 349 g/mol. The highest BCUT2D eigenvalue weighted by Crippen LogP contribution is 2.31. The number of aliphatic hydroxyl groups is 1. The van der Waals surface area contributed by atoms with Gasteiger partial charge in [0, 0.05) is 6.20 Å². The average Bonchev–Trinajstić information content (AvgIpc) is 2.89. The summed E-state index contributed by atoms with van der Waals surface area (Å²) in [4.78, 5) is 27.2. The second kappa shape index (κ2) is 6.99. The van der Waals surface area contributed by atoms with Crippen LogP contribution in [0.15, 0.2) is 47.4 Å². The number of rotatable bonds is 4. The van der Waals surface area contributed by atoms with Crippen molar-refractivity contribution in [1.29, 1.82) is 0 Å². The molecule has 1 aromatic heterocycles. The van der Waals surface area contributed by atoms with Crippen LogP contribution in [0.2, 0.25) is 0 Å². The third-order valence-electron chi connectivity index (χ3n) is 3.81. The molecule has 1 saturated heterocycles. The highest BCUT2D eigenvalue weighted by atomic mass is 19.1. The van der Waals surface area contributed by atoms with Gasteiger partial charge in [0.25, 0.3) is 0 Å². The van der Waals surface area contributed by atoms with Crippen LogP contribution in [0.25, 0.3) is 0 Å². The van der Waals surface area contributed by atoms with Gasteiger partial charge in [-0.2, -0.15) is 4.98 Å². The van der Waals surface area contributed by atoms with Crippen LogP contribution in [-0.2, 0) is 9.47 Å². The number of esters is 1. The largest absolute Gasteiger partial charge is 0.459 e. The van der Waals surface area contributed by atoms with Crippen molar-refractivity contribution >= 4 is 11.8 Å². The molecule has 0 unspecified atom stereocenters. The second-order valence-corrected chi connectivity index (χ2v) is 5.51. The van der Waals surface area contributed by atoms with E-state index in [-0.39, 0.29) is 12.4 Å². The Morgan fingerprint density at radius 1 is 1.36 bits per heavy atom. The molecule has 2 heterocycles. The molecule has 4 atom stereocenters. The van der Waals surface area contributed by atoms with E-state index in [4.69, 9.17) is 15.2 Å². The fourth-order valence-corrected chi connectivity index (χ4v) is 2.50. The molecule has 0 amide bonds. The van der Waals surface area contributed by atoms with Crippen molar-refractivity contribution in [3.63, 3.8) is 0 Å². The quantitative estimate of drug-likeness (QED) is 0.761. The maximum Gasteiger partial charge on any atom is 0.351 e. The van der Waals surface area contributed by atoms with Gasteiger partial charge in [-0.05, 0) is 18.2 Å². The summed E-state index contributed by atoms with van der Waals surface area (Å²) in [6.45, 7) is -0.358. The Kier molecular flexibility index (Phi) is 4.77. The first-order chi connectivity index (χ1) is 12.0. The van der Waals surface area contributed by atoms with E-state index in [1.807, 2.05) is 0 Å². The van der Waals surface area contributed by atoms with Crippen molar-refractivity contribution < 1.29 is 23.8 Å². The fourth-order valence-electron chi connectivity index (χ4n) is 2.50. The summed E-state index contributed by atoms with van der Waals surface area (Å²) >= 11 is 0. The molecule has 1 aliphatic heterocycles. The second-order valence-electron chi connectivity index (χ2n) is 5.51. The van der Waals surface area contributed by atoms with Gasteiger partial charge in [-0.3, -0.25) is 4.57 Å². The summed E-state index contributed by atoms with van der Waals surface area (Å²) in [6, 6.07) is 9.53. The molecule has 0 aliphatic carbocycles. The van der Waals surface area contributed by atoms with Crippen LogP contribution in [0.5, 0.6) is 0 Å². The third kappa shape index (κ3) is 3.52. The molecule has 1 fully saturated rings. The fraction of sp³-hybridized carbons (Fsp3) is 0.312. The number of ether oxygens (including phenoxy) is 2. The van der Waals surface area contributed by atoms with Crippen molar-refractivity contribution in [1.82, 2.24) is 9.55 Å². The number of carbonyl (C=O) groups is 1. The lowest BCUT2D eigenvalue weighted by molar-refractivity contribution is -0.0555. The minimum absolute atomic E-state index is 0.0106. The first-order valence-electron chi connectivity index (χ1n) is 7.52. The Bertz CT molecular complexity index is 813. The number of hydrogen-bond donors (Lipinski definition) is 2. The molecular weight excluding hydrogens is 333 g/mol. The van der Waals surface area contributed by atoms with Crippen LogP contribution in [0.1, 0.15) is 16.6 Å². The molecule has 1 aliphatic rings. The van der Waals surface area contributed by atoms with E-state index in [0.717, 1.165) is 4.57 Å². The van der Waals surface area contributed by atoms with Gasteiger partial charge in [-0.25, -0.2) is 14.0 Å². The molecule has 25 heavy (non-hydrogen) atoms. The van der Waals surface area contributed by atoms with E-state index in [2.05, 4.69) is 4.98 Å². The molecule has 132 valence electrons. The Balaban J connectivity index is 1.68. The van der Waals surface area contributed by atoms with E-state index in [1.54, 1.807) is 30.3 Å². The van der Waals surface area contributed by atoms with Crippen molar-refractivity contribution in [2.75, 3.05) is 12.3 Å². The highest BCUT2D eigenvalue weighted by Gasteiger charge is 2.46. The molecule has 1 aromatic carbocycles. The Labute approximate surface area is 141 Å². The van der Waals surface area contributed by atoms with Crippen LogP contribution >= 0.6 is 0 Å². The summed E-state index contributed by atoms with van der Waals surface area (Å²) in [5.41, 5.74) is 4.90. The smallest absolute Gasteiger partial charge is 0.351 e. The summed E-state index contributed by atoms with van der Waals surface area (Å²) in [5, 5.41) is 9.97. The zero-order chi connectivity index (χ0) is 18.0. The van der Waals surface area contributed by atoms with Gasteiger partial charge in [-0.15, -0.1) is 0 Å². The van der Waals surface area contributed by atoms with Crippen molar-refractivity contribution in [3.8, 4) is 0 Å². The molecule has 3 rings (SSSR count). The third-order valence-corrected chi connectivity index (χ3v) is 3.81. The van der Waals surface area contributed by atoms with Gasteiger partial charge in [0.2, 0.25) is 0 Å². The van der Waals surface area contributed by atoms with Gasteiger partial charge in [0.05, 0.1) is 5.56 Å². The molecule has 2 aromatic rings. The number of nitrogens with zero attached hydrogens (tertiary/aromatic N) is 2. The summed E-state index contributed by atoms with van der Waals surface area (Å²) in [5.74, 6) is -0.634. The number of aliphatic hydroxyl groups excluding tert-OH is 1. The number of aromatic nitrogens is 2. The predicted octanol–water partition coefficient (Wildman–Crippen LogP) is 0.279. The zero-order valence-corrected chi connectivity index (χ0v) is 13.0. The number of nitrogens with two attached hydrogens (primary N) is 1. The van der Waals surface area contributed by atoms with Gasteiger partial charge >= 0.3 is 11.7 Å². The number of benzene rings is 1. The number of carbonyl (C=O) groups excluding carboxylic acids is 1. The summed E-state index contributed by atoms with van der Waals surface area (Å²) in [7, 11) is 0. The highest BCUT2D eigenvalue weighted by molar-refractivity contribution is 5.89. The number of anilines is 1. The number of nitrogen functional groups attached to an aromatic ring is 1. The van der Waals surface area contributed by atoms with Crippen LogP contribution in [0.4, 0.5) is 10.2 Å². The first kappa shape index (κ1) is 17.1. The maximum absolute atomic E-state index is 14.3. The zero-order valence-electron chi connectivity index (χ0n) is 13.0. The SMILES string of the molecule is Nc1ccn([C@@H]2O[C@H](COC(=O)c3ccccc3)[C@@H](O)[C@H]2F)c(=O)n1. The molecule has 3 N–H and O–H groups in total. The maximum atomic E-state index is 14.3. The Morgan fingerprint density at radius 2 is 2.08 bits per heavy atom. The van der Waals surface area contributed by atoms with E-state index in [9.17, 15) is 19.1 Å². The molecule has 0 saturated carbocycles. The predicted molar refractivity (Wildman–Crippen MR) is 84.4 cm³/mol. The lowest BCUT2D eigenvalue weighted by Gasteiger charge is -2.16. The van der Waals surface area contributed by atoms with Crippen LogP contribution < -0.4 is 11.4 Å². The van der Waals surface area contributed by atoms with Crippen molar-refractivity contribution in [2.24, 2.45) is 0 Å². The van der Waals surface area contributed by atoms with E-state index in [0.29, 0.717) is 5.56 Å². The van der Waals surface area contributed by atoms with Crippen molar-refractivity contribution in [3.05, 3.63) is 58.6 Å². The summed E-state index contributed by atoms with van der Waals surface area (Å²) in [6.07, 6.45) is -4.71. The van der Waals surface area contributed by atoms with E-state index in [1.165, 1.54) is 12.3 Å². The number of halogens is 1. The lowest BCUT2D eigenvalue weighted by Crippen LogP contribution is -2.34. The molecule has 0 spiro atoms. The number of alkyl halides is 1. The Morgan fingerprint density at radius 3 is 2.76 bits per heavy atom. The van der Waals surface area contributed by atoms with Crippen molar-refractivity contribution in [2.45, 2.75) is 24.6 Å². The normalized spacial score (nSPS) is 25.7. The molecule has 9 heteroatoms. The topological polar surface area (TPSA) is 117 Å². The number of hydrogen-bond acceptors (Lipinski definition) is 7. The molecule has 8 nitrogen and oxygen atoms in total. The minimum atomic E-state index is -1.89. The molecule has 0 radical (unpaired) electrons. The van der Waals surface area contributed by atoms with E-state index >= 15 is 0 Å². The first-order valence-corrected chi connectivity index (χ1v) is 7.52. The standard InChI is InChI=1S/C16H16FN3O5/c17-12-13(21)10(8-24-15(22)9-4-2-1-3-5-9)25-14(12)20-7-6-11(18)19-16(20)23/h1-7,10,12-14,21H,8H2,(H2,18,19,23)/t10-,12-,13-,14-/m1/s1. The molecule has 0 bridgehead atoms. The van der Waals surface area contributed by atoms with Gasteiger partial charge in [-0.1, -0.05) is 18.2 Å². The van der Waals surface area contributed by atoms with Gasteiger partial charge < -0.3 is 20.3 Å². The van der Waals surface area contributed by atoms with Crippen LogP contribution in [0, 0.1) is 0 Å². The summed E-state index contributed by atoms with van der Waals surface area (Å²) < 4.78 is 25.6. The Hall–Kier alpha value is -2.78. The van der Waals surface area contributed by atoms with Crippen LogP contribution in [-0.4, -0.2) is 45.6 Å². The molecular formula is C16H16FN3O5. The van der Waals surface area contributed by atoms with E-state index < -0.39 is 36.3 Å². The lowest BCUT2D eigenvalue weighted by atomic mass is 10.1. The minimum Gasteiger partial charge on any atom is -0.459 e. The van der Waals surface area contributed by atoms with Crippen LogP contribution in [0.3, 0.4) is 0 Å². The monoisotopic (exact) mass is 349 g/mol. The van der Waals surface area contributed by atoms with Gasteiger partial charge in [0.1, 0.15) is 24.6 Å². The van der Waals surface area contributed by atoms with Gasteiger partial charge in [0.15, 0.2) is 12.4 Å².